The van der Waals surface area contributed by atoms with E-state index in [9.17, 15) is 0 Å². The molecule has 0 spiro atoms. The van der Waals surface area contributed by atoms with E-state index in [0.29, 0.717) is 0 Å². The van der Waals surface area contributed by atoms with Gasteiger partial charge >= 0.3 is 0 Å². The first-order chi connectivity index (χ1) is 28.7. The highest BCUT2D eigenvalue weighted by Gasteiger charge is 2.17. The Labute approximate surface area is 340 Å². The number of hydrogen-bond donors (Lipinski definition) is 0. The molecule has 0 saturated heterocycles. The van der Waals surface area contributed by atoms with Crippen molar-refractivity contribution in [1.82, 2.24) is 0 Å². The summed E-state index contributed by atoms with van der Waals surface area (Å²) in [6.07, 6.45) is 0. The lowest BCUT2D eigenvalue weighted by molar-refractivity contribution is 0.669. The Hall–Kier alpha value is -7.40. The van der Waals surface area contributed by atoms with Crippen LogP contribution in [0.25, 0.3) is 64.4 Å². The van der Waals surface area contributed by atoms with Gasteiger partial charge in [0.25, 0.3) is 0 Å². The zero-order valence-electron chi connectivity index (χ0n) is 31.5. The van der Waals surface area contributed by atoms with Crippen molar-refractivity contribution >= 4 is 87.6 Å². The second kappa shape index (κ2) is 14.3. The van der Waals surface area contributed by atoms with E-state index < -0.39 is 0 Å². The number of anilines is 6. The number of nitrogens with zero attached hydrogens (tertiary/aromatic N) is 2. The number of benzene rings is 9. The van der Waals surface area contributed by atoms with Gasteiger partial charge in [-0.3, -0.25) is 0 Å². The Morgan fingerprint density at radius 1 is 0.276 bits per heavy atom. The number of thiophene rings is 1. The molecule has 58 heavy (non-hydrogen) atoms. The first-order valence-electron chi connectivity index (χ1n) is 19.6. The summed E-state index contributed by atoms with van der Waals surface area (Å²) in [6, 6.07) is 78.0. The average molecular weight is 761 g/mol. The average Bonchev–Trinajstić information content (AvgIpc) is 3.86. The third kappa shape index (κ3) is 6.08. The Morgan fingerprint density at radius 2 is 0.672 bits per heavy atom. The van der Waals surface area contributed by atoms with E-state index in [0.717, 1.165) is 56.1 Å². The highest BCUT2D eigenvalue weighted by molar-refractivity contribution is 7.25. The minimum absolute atomic E-state index is 0.879. The van der Waals surface area contributed by atoms with Gasteiger partial charge in [-0.15, -0.1) is 11.3 Å². The molecule has 274 valence electrons. The van der Waals surface area contributed by atoms with Crippen LogP contribution in [0.1, 0.15) is 0 Å². The number of rotatable bonds is 8. The molecule has 0 atom stereocenters. The van der Waals surface area contributed by atoms with Crippen LogP contribution in [-0.2, 0) is 0 Å². The first kappa shape index (κ1) is 33.9. The summed E-state index contributed by atoms with van der Waals surface area (Å²) in [5, 5.41) is 4.88. The van der Waals surface area contributed by atoms with E-state index >= 15 is 0 Å². The maximum absolute atomic E-state index is 6.28. The predicted octanol–water partition coefficient (Wildman–Crippen LogP) is 16.2. The Morgan fingerprint density at radius 3 is 1.26 bits per heavy atom. The van der Waals surface area contributed by atoms with Crippen LogP contribution >= 0.6 is 11.3 Å². The van der Waals surface area contributed by atoms with Crippen molar-refractivity contribution in [3.05, 3.63) is 218 Å². The molecule has 0 radical (unpaired) electrons. The zero-order valence-corrected chi connectivity index (χ0v) is 32.3. The van der Waals surface area contributed by atoms with Crippen LogP contribution in [0.4, 0.5) is 34.1 Å². The number of furan rings is 1. The van der Waals surface area contributed by atoms with Gasteiger partial charge in [0.05, 0.1) is 0 Å². The van der Waals surface area contributed by atoms with Gasteiger partial charge in [0.2, 0.25) is 0 Å². The van der Waals surface area contributed by atoms with Crippen molar-refractivity contribution in [3.8, 4) is 22.3 Å². The first-order valence-corrected chi connectivity index (χ1v) is 20.4. The molecular formula is C54H36N2OS. The second-order valence-electron chi connectivity index (χ2n) is 14.6. The standard InChI is InChI=1S/C54H36N2OS/c1-3-11-41(12-4-1)55(45-31-33-48-47-15-7-9-17-51(47)57-52(48)35-45)43-27-23-39(24-28-43)37-19-21-38(22-20-37)40-25-29-44(30-26-40)56(42-13-5-2-6-14-42)46-32-34-50-49-16-8-10-18-53(49)58-54(50)36-46/h1-36H. The molecule has 0 unspecified atom stereocenters. The summed E-state index contributed by atoms with van der Waals surface area (Å²) < 4.78 is 8.89. The van der Waals surface area contributed by atoms with Crippen LogP contribution in [0.5, 0.6) is 0 Å². The summed E-state index contributed by atoms with van der Waals surface area (Å²) in [7, 11) is 0. The van der Waals surface area contributed by atoms with Gasteiger partial charge in [0, 0.05) is 71.1 Å². The van der Waals surface area contributed by atoms with Crippen LogP contribution in [0.15, 0.2) is 223 Å². The van der Waals surface area contributed by atoms with Crippen LogP contribution < -0.4 is 9.80 Å². The third-order valence-electron chi connectivity index (χ3n) is 11.1. The van der Waals surface area contributed by atoms with Crippen molar-refractivity contribution in [2.75, 3.05) is 9.80 Å². The molecule has 11 aromatic rings. The van der Waals surface area contributed by atoms with Gasteiger partial charge in [0.1, 0.15) is 11.2 Å². The summed E-state index contributed by atoms with van der Waals surface area (Å²) in [5.41, 5.74) is 13.1. The molecule has 3 nitrogen and oxygen atoms in total. The van der Waals surface area contributed by atoms with Crippen molar-refractivity contribution in [3.63, 3.8) is 0 Å². The van der Waals surface area contributed by atoms with Gasteiger partial charge in [-0.25, -0.2) is 0 Å². The molecule has 9 aromatic carbocycles. The van der Waals surface area contributed by atoms with Gasteiger partial charge in [-0.05, 0) is 107 Å². The fourth-order valence-electron chi connectivity index (χ4n) is 8.22. The molecular weight excluding hydrogens is 725 g/mol. The number of para-hydroxylation sites is 3. The summed E-state index contributed by atoms with van der Waals surface area (Å²) in [5.74, 6) is 0. The van der Waals surface area contributed by atoms with E-state index in [4.69, 9.17) is 4.42 Å². The molecule has 0 amide bonds. The summed E-state index contributed by atoms with van der Waals surface area (Å²) >= 11 is 1.85. The van der Waals surface area contributed by atoms with Crippen molar-refractivity contribution in [1.29, 1.82) is 0 Å². The minimum Gasteiger partial charge on any atom is -0.456 e. The lowest BCUT2D eigenvalue weighted by atomic mass is 9.99. The van der Waals surface area contributed by atoms with E-state index in [1.54, 1.807) is 0 Å². The minimum atomic E-state index is 0.879. The van der Waals surface area contributed by atoms with Gasteiger partial charge in [-0.2, -0.15) is 0 Å². The fraction of sp³-hybridized carbons (Fsp3) is 0. The van der Waals surface area contributed by atoms with Crippen LogP contribution in [0.3, 0.4) is 0 Å². The molecule has 0 aliphatic rings. The van der Waals surface area contributed by atoms with Gasteiger partial charge < -0.3 is 14.2 Å². The van der Waals surface area contributed by atoms with Crippen LogP contribution in [0.2, 0.25) is 0 Å². The van der Waals surface area contributed by atoms with Crippen LogP contribution in [-0.4, -0.2) is 0 Å². The molecule has 0 N–H and O–H groups in total. The van der Waals surface area contributed by atoms with Crippen molar-refractivity contribution in [2.24, 2.45) is 0 Å². The SMILES string of the molecule is c1ccc(N(c2ccc(-c3ccc(-c4ccc(N(c5ccccc5)c5ccc6c(c5)sc5ccccc56)cc4)cc3)cc2)c2ccc3c(c2)oc2ccccc23)cc1. The molecule has 0 bridgehead atoms. The highest BCUT2D eigenvalue weighted by atomic mass is 32.1. The topological polar surface area (TPSA) is 19.6 Å². The van der Waals surface area contributed by atoms with Crippen molar-refractivity contribution in [2.45, 2.75) is 0 Å². The quantitative estimate of drug-likeness (QED) is 0.154. The Kier molecular flexibility index (Phi) is 8.34. The Balaban J connectivity index is 0.869. The Bertz CT molecular complexity index is 2980. The monoisotopic (exact) mass is 760 g/mol. The maximum atomic E-state index is 6.28. The lowest BCUT2D eigenvalue weighted by Gasteiger charge is -2.26. The van der Waals surface area contributed by atoms with E-state index in [1.165, 1.54) is 42.4 Å². The predicted molar refractivity (Wildman–Crippen MR) is 247 cm³/mol. The largest absolute Gasteiger partial charge is 0.456 e. The molecule has 4 heteroatoms. The normalized spacial score (nSPS) is 11.4. The zero-order chi connectivity index (χ0) is 38.4. The maximum Gasteiger partial charge on any atom is 0.137 e. The lowest BCUT2D eigenvalue weighted by Crippen LogP contribution is -2.09. The molecule has 0 aliphatic carbocycles. The van der Waals surface area contributed by atoms with Gasteiger partial charge in [-0.1, -0.05) is 127 Å². The smallest absolute Gasteiger partial charge is 0.137 e. The molecule has 0 saturated carbocycles. The molecule has 11 rings (SSSR count). The van der Waals surface area contributed by atoms with Crippen LogP contribution in [0, 0.1) is 0 Å². The van der Waals surface area contributed by atoms with Gasteiger partial charge in [0.15, 0.2) is 0 Å². The highest BCUT2D eigenvalue weighted by Crippen LogP contribution is 2.42. The second-order valence-corrected chi connectivity index (χ2v) is 15.7. The molecule has 2 heterocycles. The van der Waals surface area contributed by atoms with E-state index in [1.807, 2.05) is 23.5 Å². The number of fused-ring (bicyclic) bond motifs is 6. The molecule has 0 aliphatic heterocycles. The molecule has 0 fully saturated rings. The van der Waals surface area contributed by atoms with E-state index in [2.05, 4.69) is 216 Å². The third-order valence-corrected chi connectivity index (χ3v) is 12.2. The van der Waals surface area contributed by atoms with E-state index in [-0.39, 0.29) is 0 Å². The number of hydrogen-bond acceptors (Lipinski definition) is 4. The summed E-state index contributed by atoms with van der Waals surface area (Å²) in [4.78, 5) is 4.63. The summed E-state index contributed by atoms with van der Waals surface area (Å²) in [6.45, 7) is 0. The fourth-order valence-corrected chi connectivity index (χ4v) is 9.36. The molecule has 2 aromatic heterocycles. The van der Waals surface area contributed by atoms with Crippen molar-refractivity contribution < 1.29 is 4.42 Å².